The monoisotopic (exact) mass is 549 g/mol. The van der Waals surface area contributed by atoms with Crippen molar-refractivity contribution in [2.75, 3.05) is 10.6 Å². The lowest BCUT2D eigenvalue weighted by molar-refractivity contribution is -0.141. The highest BCUT2D eigenvalue weighted by molar-refractivity contribution is 6.11. The van der Waals surface area contributed by atoms with Gasteiger partial charge in [0, 0.05) is 11.8 Å². The molecule has 0 bridgehead atoms. The fourth-order valence-corrected chi connectivity index (χ4v) is 5.56. The van der Waals surface area contributed by atoms with Gasteiger partial charge in [0.25, 0.3) is 5.91 Å². The molecule has 3 amide bonds. The molecule has 0 spiro atoms. The van der Waals surface area contributed by atoms with Crippen LogP contribution in [0.15, 0.2) is 48.5 Å². The van der Waals surface area contributed by atoms with Gasteiger partial charge in [-0.1, -0.05) is 49.1 Å². The van der Waals surface area contributed by atoms with Crippen molar-refractivity contribution in [1.29, 1.82) is 0 Å². The maximum absolute atomic E-state index is 14.2. The van der Waals surface area contributed by atoms with Gasteiger partial charge < -0.3 is 21.1 Å². The third kappa shape index (κ3) is 6.65. The standard InChI is InChI=1S/C31H33F2N3O4/c1-17-12-18(2)27(19(3)13-17)36-31(40)34-25-11-7-10-24(21-14-22(32)16-23(33)15-21)26(25)29(37)35-28(30(38)39)20-8-5-4-6-9-20/h7,10-16,20,28H,4-6,8-9H2,1-3H3,(H,35,37)(H,38,39)(H2,34,36,40)/t28-/m0/s1. The van der Waals surface area contributed by atoms with Crippen LogP contribution in [-0.4, -0.2) is 29.1 Å². The van der Waals surface area contributed by atoms with Crippen molar-refractivity contribution in [2.24, 2.45) is 5.92 Å². The maximum Gasteiger partial charge on any atom is 0.326 e. The number of carboxylic acids is 1. The van der Waals surface area contributed by atoms with Gasteiger partial charge in [-0.2, -0.15) is 0 Å². The molecule has 3 aromatic rings. The third-order valence-corrected chi connectivity index (χ3v) is 7.30. The van der Waals surface area contributed by atoms with E-state index >= 15 is 0 Å². The predicted molar refractivity (Wildman–Crippen MR) is 151 cm³/mol. The first-order chi connectivity index (χ1) is 19.0. The average Bonchev–Trinajstić information content (AvgIpc) is 2.89. The van der Waals surface area contributed by atoms with E-state index in [0.29, 0.717) is 24.6 Å². The molecule has 0 saturated heterocycles. The Balaban J connectivity index is 1.73. The van der Waals surface area contributed by atoms with E-state index in [4.69, 9.17) is 0 Å². The molecule has 9 heteroatoms. The van der Waals surface area contributed by atoms with Crippen LogP contribution >= 0.6 is 0 Å². The lowest BCUT2D eigenvalue weighted by Gasteiger charge is -2.28. The second-order valence-electron chi connectivity index (χ2n) is 10.4. The van der Waals surface area contributed by atoms with Crippen molar-refractivity contribution in [3.8, 4) is 11.1 Å². The molecule has 0 heterocycles. The number of halogens is 2. The molecule has 0 aliphatic heterocycles. The Bertz CT molecular complexity index is 1410. The Morgan fingerprint density at radius 1 is 0.875 bits per heavy atom. The van der Waals surface area contributed by atoms with Gasteiger partial charge in [0.15, 0.2) is 0 Å². The van der Waals surface area contributed by atoms with E-state index in [-0.39, 0.29) is 28.3 Å². The number of aryl methyl sites for hydroxylation is 3. The minimum absolute atomic E-state index is 0.0624. The Hall–Kier alpha value is -4.27. The molecule has 0 radical (unpaired) electrons. The molecule has 4 N–H and O–H groups in total. The van der Waals surface area contributed by atoms with Crippen molar-refractivity contribution in [3.63, 3.8) is 0 Å². The van der Waals surface area contributed by atoms with Gasteiger partial charge >= 0.3 is 12.0 Å². The molecular formula is C31H33F2N3O4. The number of hydrogen-bond acceptors (Lipinski definition) is 3. The molecule has 1 aliphatic rings. The number of amides is 3. The molecule has 7 nitrogen and oxygen atoms in total. The van der Waals surface area contributed by atoms with Crippen molar-refractivity contribution < 1.29 is 28.3 Å². The molecule has 210 valence electrons. The van der Waals surface area contributed by atoms with Crippen molar-refractivity contribution >= 4 is 29.3 Å². The van der Waals surface area contributed by atoms with Gasteiger partial charge in [0.1, 0.15) is 17.7 Å². The number of carbonyl (C=O) groups is 3. The first kappa shape index (κ1) is 28.7. The zero-order valence-electron chi connectivity index (χ0n) is 22.7. The molecule has 1 atom stereocenters. The molecular weight excluding hydrogens is 516 g/mol. The van der Waals surface area contributed by atoms with E-state index in [1.54, 1.807) is 6.07 Å². The van der Waals surface area contributed by atoms with Crippen LogP contribution in [0.4, 0.5) is 25.0 Å². The van der Waals surface area contributed by atoms with Gasteiger partial charge in [0.05, 0.1) is 11.3 Å². The molecule has 1 saturated carbocycles. The van der Waals surface area contributed by atoms with Crippen molar-refractivity contribution in [2.45, 2.75) is 58.9 Å². The average molecular weight is 550 g/mol. The highest BCUT2D eigenvalue weighted by atomic mass is 19.1. The summed E-state index contributed by atoms with van der Waals surface area (Å²) in [6, 6.07) is 9.48. The van der Waals surface area contributed by atoms with Gasteiger partial charge in [0.2, 0.25) is 0 Å². The van der Waals surface area contributed by atoms with E-state index in [1.165, 1.54) is 12.1 Å². The summed E-state index contributed by atoms with van der Waals surface area (Å²) in [7, 11) is 0. The van der Waals surface area contributed by atoms with Gasteiger partial charge in [-0.3, -0.25) is 4.79 Å². The first-order valence-electron chi connectivity index (χ1n) is 13.3. The topological polar surface area (TPSA) is 108 Å². The number of anilines is 2. The van der Waals surface area contributed by atoms with E-state index < -0.39 is 35.6 Å². The van der Waals surface area contributed by atoms with Gasteiger partial charge in [-0.15, -0.1) is 0 Å². The quantitative estimate of drug-likeness (QED) is 0.255. The number of hydrogen-bond donors (Lipinski definition) is 4. The Kier molecular flexibility index (Phi) is 8.82. The smallest absolute Gasteiger partial charge is 0.326 e. The van der Waals surface area contributed by atoms with E-state index in [0.717, 1.165) is 48.1 Å². The van der Waals surface area contributed by atoms with Crippen molar-refractivity contribution in [3.05, 3.63) is 82.4 Å². The molecule has 1 fully saturated rings. The van der Waals surface area contributed by atoms with E-state index in [1.807, 2.05) is 32.9 Å². The number of aliphatic carboxylic acids is 1. The fourth-order valence-electron chi connectivity index (χ4n) is 5.56. The molecule has 0 aromatic heterocycles. The van der Waals surface area contributed by atoms with E-state index in [2.05, 4.69) is 16.0 Å². The normalized spacial score (nSPS) is 14.3. The molecule has 0 unspecified atom stereocenters. The summed E-state index contributed by atoms with van der Waals surface area (Å²) in [6.07, 6.45) is 4.07. The molecule has 4 rings (SSSR count). The second kappa shape index (κ2) is 12.3. The number of rotatable bonds is 7. The summed E-state index contributed by atoms with van der Waals surface area (Å²) in [5.74, 6) is -3.86. The summed E-state index contributed by atoms with van der Waals surface area (Å²) in [5, 5.41) is 18.1. The number of carbonyl (C=O) groups excluding carboxylic acids is 2. The zero-order chi connectivity index (χ0) is 29.0. The van der Waals surface area contributed by atoms with Gasteiger partial charge in [-0.25, -0.2) is 18.4 Å². The molecule has 3 aromatic carbocycles. The molecule has 40 heavy (non-hydrogen) atoms. The summed E-state index contributed by atoms with van der Waals surface area (Å²) in [5.41, 5.74) is 3.54. The maximum atomic E-state index is 14.2. The third-order valence-electron chi connectivity index (χ3n) is 7.30. The summed E-state index contributed by atoms with van der Waals surface area (Å²) < 4.78 is 28.3. The second-order valence-corrected chi connectivity index (χ2v) is 10.4. The Morgan fingerprint density at radius 3 is 2.10 bits per heavy atom. The van der Waals surface area contributed by atoms with Crippen LogP contribution in [-0.2, 0) is 4.79 Å². The zero-order valence-corrected chi connectivity index (χ0v) is 22.7. The van der Waals surface area contributed by atoms with Crippen LogP contribution in [0.2, 0.25) is 0 Å². The summed E-state index contributed by atoms with van der Waals surface area (Å²) in [4.78, 5) is 39.0. The van der Waals surface area contributed by atoms with Crippen LogP contribution < -0.4 is 16.0 Å². The van der Waals surface area contributed by atoms with Crippen molar-refractivity contribution in [1.82, 2.24) is 5.32 Å². The number of benzene rings is 3. The summed E-state index contributed by atoms with van der Waals surface area (Å²) in [6.45, 7) is 5.68. The minimum atomic E-state index is -1.16. The first-order valence-corrected chi connectivity index (χ1v) is 13.3. The fraction of sp³-hybridized carbons (Fsp3) is 0.323. The lowest BCUT2D eigenvalue weighted by atomic mass is 9.83. The summed E-state index contributed by atoms with van der Waals surface area (Å²) >= 11 is 0. The van der Waals surface area contributed by atoms with Crippen LogP contribution in [0.25, 0.3) is 11.1 Å². The van der Waals surface area contributed by atoms with Crippen LogP contribution in [0.5, 0.6) is 0 Å². The largest absolute Gasteiger partial charge is 0.480 e. The van der Waals surface area contributed by atoms with Crippen LogP contribution in [0.3, 0.4) is 0 Å². The van der Waals surface area contributed by atoms with E-state index in [9.17, 15) is 28.3 Å². The predicted octanol–water partition coefficient (Wildman–Crippen LogP) is 6.96. The van der Waals surface area contributed by atoms with Gasteiger partial charge in [-0.05, 0) is 80.0 Å². The lowest BCUT2D eigenvalue weighted by Crippen LogP contribution is -2.46. The highest BCUT2D eigenvalue weighted by Gasteiger charge is 2.32. The number of urea groups is 1. The van der Waals surface area contributed by atoms with Crippen LogP contribution in [0.1, 0.15) is 59.2 Å². The highest BCUT2D eigenvalue weighted by Crippen LogP contribution is 2.32. The number of carboxylic acid groups (broad SMARTS) is 1. The molecule has 1 aliphatic carbocycles. The Labute approximate surface area is 232 Å². The van der Waals surface area contributed by atoms with Crippen LogP contribution in [0, 0.1) is 38.3 Å². The SMILES string of the molecule is Cc1cc(C)c(NC(=O)Nc2cccc(-c3cc(F)cc(F)c3)c2C(=O)N[C@H](C(=O)O)C2CCCCC2)c(C)c1. The minimum Gasteiger partial charge on any atom is -0.480 e. The number of nitrogens with one attached hydrogen (secondary N) is 3. The Morgan fingerprint density at radius 2 is 1.50 bits per heavy atom.